The predicted octanol–water partition coefficient (Wildman–Crippen LogP) is 5.36. The summed E-state index contributed by atoms with van der Waals surface area (Å²) in [7, 11) is 0. The van der Waals surface area contributed by atoms with Crippen LogP contribution in [0, 0.1) is 6.92 Å². The molecule has 0 fully saturated rings. The number of carbonyl (C=O) groups is 1. The Hall–Kier alpha value is -2.96. The normalized spacial score (nSPS) is 10.8. The zero-order valence-corrected chi connectivity index (χ0v) is 16.6. The molecule has 0 saturated carbocycles. The van der Waals surface area contributed by atoms with E-state index < -0.39 is 0 Å². The molecule has 4 aromatic rings. The largest absolute Gasteiger partial charge is 0.416 e. The topological polar surface area (TPSA) is 68.0 Å². The Labute approximate surface area is 171 Å². The Kier molecular flexibility index (Phi) is 5.23. The second-order valence-corrected chi connectivity index (χ2v) is 7.99. The molecule has 0 spiro atoms. The van der Waals surface area contributed by atoms with Crippen molar-refractivity contribution in [3.63, 3.8) is 0 Å². The SMILES string of the molecule is Cc1ccccc1-c1nnc(-c2ccc(C(=O)NCc3ccc(Cl)s3)cc2)o1. The van der Waals surface area contributed by atoms with E-state index in [-0.39, 0.29) is 5.91 Å². The molecule has 0 aliphatic carbocycles. The van der Waals surface area contributed by atoms with Crippen molar-refractivity contribution < 1.29 is 9.21 Å². The maximum absolute atomic E-state index is 12.3. The van der Waals surface area contributed by atoms with Gasteiger partial charge < -0.3 is 9.73 Å². The molecule has 0 atom stereocenters. The molecule has 0 aliphatic rings. The summed E-state index contributed by atoms with van der Waals surface area (Å²) in [6.45, 7) is 2.44. The summed E-state index contributed by atoms with van der Waals surface area (Å²) in [5.74, 6) is 0.741. The summed E-state index contributed by atoms with van der Waals surface area (Å²) in [6.07, 6.45) is 0. The number of nitrogens with zero attached hydrogens (tertiary/aromatic N) is 2. The van der Waals surface area contributed by atoms with Crippen molar-refractivity contribution in [1.82, 2.24) is 15.5 Å². The van der Waals surface area contributed by atoms with Crippen LogP contribution in [0.25, 0.3) is 22.9 Å². The average Bonchev–Trinajstić information content (AvgIpc) is 3.36. The number of thiophene rings is 1. The summed E-state index contributed by atoms with van der Waals surface area (Å²) >= 11 is 7.35. The van der Waals surface area contributed by atoms with E-state index in [0.717, 1.165) is 21.6 Å². The highest BCUT2D eigenvalue weighted by Gasteiger charge is 2.13. The fraction of sp³-hybridized carbons (Fsp3) is 0.0952. The van der Waals surface area contributed by atoms with Gasteiger partial charge in [-0.25, -0.2) is 0 Å². The van der Waals surface area contributed by atoms with Crippen LogP contribution in [-0.4, -0.2) is 16.1 Å². The van der Waals surface area contributed by atoms with Crippen molar-refractivity contribution in [2.75, 3.05) is 0 Å². The number of amides is 1. The second-order valence-electron chi connectivity index (χ2n) is 6.19. The molecule has 0 saturated heterocycles. The maximum Gasteiger partial charge on any atom is 0.251 e. The lowest BCUT2D eigenvalue weighted by molar-refractivity contribution is 0.0951. The number of nitrogens with one attached hydrogen (secondary N) is 1. The first kappa shape index (κ1) is 18.4. The molecule has 0 radical (unpaired) electrons. The first-order chi connectivity index (χ1) is 13.6. The minimum absolute atomic E-state index is 0.151. The number of aromatic nitrogens is 2. The molecule has 0 bridgehead atoms. The molecule has 1 N–H and O–H groups in total. The third-order valence-corrected chi connectivity index (χ3v) is 5.48. The quantitative estimate of drug-likeness (QED) is 0.482. The molecular weight excluding hydrogens is 394 g/mol. The summed E-state index contributed by atoms with van der Waals surface area (Å²) in [5.41, 5.74) is 3.29. The highest BCUT2D eigenvalue weighted by Crippen LogP contribution is 2.26. The van der Waals surface area contributed by atoms with E-state index in [0.29, 0.717) is 28.2 Å². The van der Waals surface area contributed by atoms with Gasteiger partial charge in [-0.1, -0.05) is 29.8 Å². The molecule has 28 heavy (non-hydrogen) atoms. The van der Waals surface area contributed by atoms with Crippen molar-refractivity contribution in [1.29, 1.82) is 0 Å². The van der Waals surface area contributed by atoms with E-state index in [1.165, 1.54) is 11.3 Å². The lowest BCUT2D eigenvalue weighted by atomic mass is 10.1. The number of rotatable bonds is 5. The Bertz CT molecular complexity index is 1120. The summed E-state index contributed by atoms with van der Waals surface area (Å²) < 4.78 is 6.52. The van der Waals surface area contributed by atoms with Crippen LogP contribution in [0.1, 0.15) is 20.8 Å². The van der Waals surface area contributed by atoms with Crippen LogP contribution in [0.5, 0.6) is 0 Å². The molecule has 2 aromatic heterocycles. The van der Waals surface area contributed by atoms with E-state index in [9.17, 15) is 4.79 Å². The number of aryl methyl sites for hydroxylation is 1. The van der Waals surface area contributed by atoms with Gasteiger partial charge in [0.25, 0.3) is 5.91 Å². The van der Waals surface area contributed by atoms with Gasteiger partial charge >= 0.3 is 0 Å². The molecule has 4 rings (SSSR count). The smallest absolute Gasteiger partial charge is 0.251 e. The van der Waals surface area contributed by atoms with Crippen LogP contribution in [-0.2, 0) is 6.54 Å². The molecular formula is C21H16ClN3O2S. The fourth-order valence-corrected chi connectivity index (χ4v) is 3.77. The van der Waals surface area contributed by atoms with Crippen molar-refractivity contribution in [2.45, 2.75) is 13.5 Å². The average molecular weight is 410 g/mol. The van der Waals surface area contributed by atoms with Crippen molar-refractivity contribution in [2.24, 2.45) is 0 Å². The first-order valence-corrected chi connectivity index (χ1v) is 9.82. The fourth-order valence-electron chi connectivity index (χ4n) is 2.74. The number of hydrogen-bond donors (Lipinski definition) is 1. The van der Waals surface area contributed by atoms with E-state index in [1.54, 1.807) is 24.3 Å². The minimum Gasteiger partial charge on any atom is -0.416 e. The molecule has 140 valence electrons. The summed E-state index contributed by atoms with van der Waals surface area (Å²) in [4.78, 5) is 13.3. The van der Waals surface area contributed by atoms with Crippen molar-refractivity contribution in [3.05, 3.63) is 81.0 Å². The number of halogens is 1. The minimum atomic E-state index is -0.151. The summed E-state index contributed by atoms with van der Waals surface area (Å²) in [6, 6.07) is 18.6. The third-order valence-electron chi connectivity index (χ3n) is 4.25. The number of benzene rings is 2. The summed E-state index contributed by atoms with van der Waals surface area (Å²) in [5, 5.41) is 11.2. The zero-order chi connectivity index (χ0) is 19.5. The van der Waals surface area contributed by atoms with Gasteiger partial charge in [-0.2, -0.15) is 0 Å². The molecule has 0 aliphatic heterocycles. The van der Waals surface area contributed by atoms with E-state index in [1.807, 2.05) is 43.3 Å². The maximum atomic E-state index is 12.3. The second kappa shape index (κ2) is 7.96. The lowest BCUT2D eigenvalue weighted by Gasteiger charge is -2.04. The van der Waals surface area contributed by atoms with Crippen LogP contribution in [0.4, 0.5) is 0 Å². The first-order valence-electron chi connectivity index (χ1n) is 8.62. The van der Waals surface area contributed by atoms with Crippen molar-refractivity contribution >= 4 is 28.8 Å². The molecule has 1 amide bonds. The van der Waals surface area contributed by atoms with Gasteiger partial charge in [0.15, 0.2) is 0 Å². The number of carbonyl (C=O) groups excluding carboxylic acids is 1. The van der Waals surface area contributed by atoms with E-state index >= 15 is 0 Å². The van der Waals surface area contributed by atoms with Crippen LogP contribution in [0.15, 0.2) is 65.1 Å². The van der Waals surface area contributed by atoms with Crippen LogP contribution < -0.4 is 5.32 Å². The highest BCUT2D eigenvalue weighted by molar-refractivity contribution is 7.16. The Morgan fingerprint density at radius 2 is 1.79 bits per heavy atom. The zero-order valence-electron chi connectivity index (χ0n) is 15.0. The third kappa shape index (κ3) is 3.98. The van der Waals surface area contributed by atoms with Gasteiger partial charge in [0.1, 0.15) is 0 Å². The van der Waals surface area contributed by atoms with Crippen molar-refractivity contribution in [3.8, 4) is 22.9 Å². The Morgan fingerprint density at radius 1 is 1.04 bits per heavy atom. The Morgan fingerprint density at radius 3 is 2.50 bits per heavy atom. The predicted molar refractivity (Wildman–Crippen MR) is 110 cm³/mol. The van der Waals surface area contributed by atoms with Crippen LogP contribution in [0.3, 0.4) is 0 Å². The number of hydrogen-bond acceptors (Lipinski definition) is 5. The highest BCUT2D eigenvalue weighted by atomic mass is 35.5. The van der Waals surface area contributed by atoms with E-state index in [4.69, 9.17) is 16.0 Å². The van der Waals surface area contributed by atoms with Gasteiger partial charge in [-0.15, -0.1) is 21.5 Å². The van der Waals surface area contributed by atoms with E-state index in [2.05, 4.69) is 15.5 Å². The van der Waals surface area contributed by atoms with Gasteiger partial charge in [0.2, 0.25) is 11.8 Å². The molecule has 5 nitrogen and oxygen atoms in total. The standard InChI is InChI=1S/C21H16ClN3O2S/c1-13-4-2-3-5-17(13)21-25-24-20(27-21)15-8-6-14(7-9-15)19(26)23-12-16-10-11-18(22)28-16/h2-11H,12H2,1H3,(H,23,26). The van der Waals surface area contributed by atoms with Gasteiger partial charge in [0, 0.05) is 21.6 Å². The molecule has 2 aromatic carbocycles. The van der Waals surface area contributed by atoms with Crippen LogP contribution in [0.2, 0.25) is 4.34 Å². The van der Waals surface area contributed by atoms with Gasteiger partial charge in [-0.05, 0) is 55.0 Å². The van der Waals surface area contributed by atoms with Crippen LogP contribution >= 0.6 is 22.9 Å². The lowest BCUT2D eigenvalue weighted by Crippen LogP contribution is -2.22. The monoisotopic (exact) mass is 409 g/mol. The molecule has 7 heteroatoms. The molecule has 0 unspecified atom stereocenters. The van der Waals surface area contributed by atoms with Gasteiger partial charge in [-0.3, -0.25) is 4.79 Å². The molecule has 2 heterocycles. The Balaban J connectivity index is 1.46. The van der Waals surface area contributed by atoms with Gasteiger partial charge in [0.05, 0.1) is 10.9 Å².